The summed E-state index contributed by atoms with van der Waals surface area (Å²) in [4.78, 5) is 11.8. The summed E-state index contributed by atoms with van der Waals surface area (Å²) in [5, 5.41) is 0. The molecule has 0 saturated heterocycles. The van der Waals surface area contributed by atoms with Gasteiger partial charge in [-0.2, -0.15) is 0 Å². The Hall–Kier alpha value is -1.35. The summed E-state index contributed by atoms with van der Waals surface area (Å²) in [5.74, 6) is 0.869. The molecule has 82 valence electrons. The van der Waals surface area contributed by atoms with Gasteiger partial charge in [0, 0.05) is 17.5 Å². The van der Waals surface area contributed by atoms with E-state index in [2.05, 4.69) is 0 Å². The van der Waals surface area contributed by atoms with Crippen molar-refractivity contribution in [2.75, 3.05) is 13.7 Å². The number of carbonyl (C=O) groups excluding carboxylic acids is 1. The highest BCUT2D eigenvalue weighted by Gasteiger charge is 2.12. The number of Topliss-reactive ketones (excluding diaryl/α,β-unsaturated/α-hetero) is 1. The normalized spacial score (nSPS) is 10.1. The number of hydrogen-bond donors (Lipinski definition) is 1. The van der Waals surface area contributed by atoms with Crippen molar-refractivity contribution in [2.24, 2.45) is 5.73 Å². The second kappa shape index (κ2) is 5.51. The van der Waals surface area contributed by atoms with Crippen LogP contribution in [0.3, 0.4) is 0 Å². The molecule has 0 spiro atoms. The van der Waals surface area contributed by atoms with Gasteiger partial charge < -0.3 is 10.5 Å². The van der Waals surface area contributed by atoms with Crippen LogP contribution >= 0.6 is 0 Å². The van der Waals surface area contributed by atoms with E-state index in [4.69, 9.17) is 10.5 Å². The average molecular weight is 207 g/mol. The van der Waals surface area contributed by atoms with Gasteiger partial charge in [-0.25, -0.2) is 0 Å². The van der Waals surface area contributed by atoms with E-state index in [1.807, 2.05) is 25.1 Å². The molecule has 0 fully saturated rings. The van der Waals surface area contributed by atoms with Gasteiger partial charge in [0.05, 0.1) is 7.11 Å². The van der Waals surface area contributed by atoms with Crippen LogP contribution in [0.15, 0.2) is 18.2 Å². The fourth-order valence-corrected chi connectivity index (χ4v) is 1.65. The SMILES string of the molecule is CCc1c(OC)cccc1C(=O)CCN. The number of benzene rings is 1. The Kier molecular flexibility index (Phi) is 4.31. The van der Waals surface area contributed by atoms with Crippen LogP contribution in [0.25, 0.3) is 0 Å². The number of ether oxygens (including phenoxy) is 1. The average Bonchev–Trinajstić information content (AvgIpc) is 2.28. The molecule has 0 aliphatic rings. The van der Waals surface area contributed by atoms with Gasteiger partial charge in [-0.15, -0.1) is 0 Å². The summed E-state index contributed by atoms with van der Waals surface area (Å²) in [6, 6.07) is 5.54. The Bertz CT molecular complexity index is 347. The van der Waals surface area contributed by atoms with Crippen molar-refractivity contribution >= 4 is 5.78 Å². The number of ketones is 1. The Morgan fingerprint density at radius 1 is 1.47 bits per heavy atom. The first-order valence-corrected chi connectivity index (χ1v) is 5.13. The molecule has 0 saturated carbocycles. The van der Waals surface area contributed by atoms with E-state index in [0.29, 0.717) is 13.0 Å². The molecule has 1 rings (SSSR count). The lowest BCUT2D eigenvalue weighted by molar-refractivity contribution is 0.0984. The van der Waals surface area contributed by atoms with Gasteiger partial charge in [-0.1, -0.05) is 19.1 Å². The van der Waals surface area contributed by atoms with Gasteiger partial charge in [0.1, 0.15) is 5.75 Å². The lowest BCUT2D eigenvalue weighted by Gasteiger charge is -2.11. The number of methoxy groups -OCH3 is 1. The molecule has 1 aromatic carbocycles. The van der Waals surface area contributed by atoms with Crippen LogP contribution in [-0.2, 0) is 6.42 Å². The number of hydrogen-bond acceptors (Lipinski definition) is 3. The summed E-state index contributed by atoms with van der Waals surface area (Å²) in [6.45, 7) is 2.40. The molecule has 0 bridgehead atoms. The van der Waals surface area contributed by atoms with Crippen LogP contribution in [0.2, 0.25) is 0 Å². The first kappa shape index (κ1) is 11.7. The Labute approximate surface area is 90.2 Å². The van der Waals surface area contributed by atoms with Gasteiger partial charge >= 0.3 is 0 Å². The summed E-state index contributed by atoms with van der Waals surface area (Å²) in [6.07, 6.45) is 1.18. The van der Waals surface area contributed by atoms with E-state index in [1.54, 1.807) is 7.11 Å². The molecule has 0 unspecified atom stereocenters. The first-order chi connectivity index (χ1) is 7.24. The first-order valence-electron chi connectivity index (χ1n) is 5.13. The molecule has 0 heterocycles. The highest BCUT2D eigenvalue weighted by Crippen LogP contribution is 2.23. The van der Waals surface area contributed by atoms with Gasteiger partial charge in [-0.05, 0) is 19.0 Å². The Balaban J connectivity index is 3.11. The van der Waals surface area contributed by atoms with Crippen molar-refractivity contribution in [1.82, 2.24) is 0 Å². The topological polar surface area (TPSA) is 52.3 Å². The van der Waals surface area contributed by atoms with E-state index in [9.17, 15) is 4.79 Å². The molecule has 0 aliphatic heterocycles. The molecule has 2 N–H and O–H groups in total. The highest BCUT2D eigenvalue weighted by atomic mass is 16.5. The molecule has 3 heteroatoms. The molecule has 0 aliphatic carbocycles. The number of carbonyl (C=O) groups is 1. The smallest absolute Gasteiger partial charge is 0.164 e. The van der Waals surface area contributed by atoms with Gasteiger partial charge in [-0.3, -0.25) is 4.79 Å². The summed E-state index contributed by atoms with van der Waals surface area (Å²) < 4.78 is 5.22. The fourth-order valence-electron chi connectivity index (χ4n) is 1.65. The summed E-state index contributed by atoms with van der Waals surface area (Å²) in [7, 11) is 1.62. The van der Waals surface area contributed by atoms with Crippen LogP contribution in [0.5, 0.6) is 5.75 Å². The molecule has 3 nitrogen and oxygen atoms in total. The summed E-state index contributed by atoms with van der Waals surface area (Å²) >= 11 is 0. The monoisotopic (exact) mass is 207 g/mol. The van der Waals surface area contributed by atoms with E-state index in [1.165, 1.54) is 0 Å². The fraction of sp³-hybridized carbons (Fsp3) is 0.417. The third kappa shape index (κ3) is 2.57. The number of nitrogens with two attached hydrogens (primary N) is 1. The third-order valence-electron chi connectivity index (χ3n) is 2.38. The zero-order chi connectivity index (χ0) is 11.3. The summed E-state index contributed by atoms with van der Waals surface area (Å²) in [5.41, 5.74) is 7.09. The van der Waals surface area contributed by atoms with Crippen LogP contribution in [0.4, 0.5) is 0 Å². The highest BCUT2D eigenvalue weighted by molar-refractivity contribution is 5.98. The predicted octanol–water partition coefficient (Wildman–Crippen LogP) is 1.79. The van der Waals surface area contributed by atoms with Crippen molar-refractivity contribution < 1.29 is 9.53 Å². The van der Waals surface area contributed by atoms with Crippen molar-refractivity contribution in [3.63, 3.8) is 0 Å². The van der Waals surface area contributed by atoms with Crippen LogP contribution < -0.4 is 10.5 Å². The van der Waals surface area contributed by atoms with E-state index in [-0.39, 0.29) is 5.78 Å². The quantitative estimate of drug-likeness (QED) is 0.749. The molecule has 1 aromatic rings. The molecule has 0 aromatic heterocycles. The van der Waals surface area contributed by atoms with Gasteiger partial charge in [0.2, 0.25) is 0 Å². The zero-order valence-electron chi connectivity index (χ0n) is 9.25. The Morgan fingerprint density at radius 2 is 2.20 bits per heavy atom. The molecule has 0 atom stereocenters. The van der Waals surface area contributed by atoms with Crippen LogP contribution in [0, 0.1) is 0 Å². The molecular weight excluding hydrogens is 190 g/mol. The van der Waals surface area contributed by atoms with E-state index >= 15 is 0 Å². The minimum Gasteiger partial charge on any atom is -0.496 e. The van der Waals surface area contributed by atoms with Crippen molar-refractivity contribution in [3.8, 4) is 5.75 Å². The molecule has 15 heavy (non-hydrogen) atoms. The second-order valence-electron chi connectivity index (χ2n) is 3.30. The minimum absolute atomic E-state index is 0.0910. The number of rotatable bonds is 5. The maximum Gasteiger partial charge on any atom is 0.164 e. The molecule has 0 radical (unpaired) electrons. The van der Waals surface area contributed by atoms with E-state index < -0.39 is 0 Å². The van der Waals surface area contributed by atoms with Crippen LogP contribution in [0.1, 0.15) is 29.3 Å². The standard InChI is InChI=1S/C12H17NO2/c1-3-9-10(11(14)7-8-13)5-4-6-12(9)15-2/h4-6H,3,7-8,13H2,1-2H3. The minimum atomic E-state index is 0.0910. The Morgan fingerprint density at radius 3 is 2.73 bits per heavy atom. The third-order valence-corrected chi connectivity index (χ3v) is 2.38. The lowest BCUT2D eigenvalue weighted by atomic mass is 9.99. The van der Waals surface area contributed by atoms with Gasteiger partial charge in [0.25, 0.3) is 0 Å². The van der Waals surface area contributed by atoms with Gasteiger partial charge in [0.15, 0.2) is 5.78 Å². The van der Waals surface area contributed by atoms with E-state index in [0.717, 1.165) is 23.3 Å². The maximum atomic E-state index is 11.8. The predicted molar refractivity (Wildman–Crippen MR) is 60.4 cm³/mol. The zero-order valence-corrected chi connectivity index (χ0v) is 9.25. The molecule has 0 amide bonds. The van der Waals surface area contributed by atoms with Crippen LogP contribution in [-0.4, -0.2) is 19.4 Å². The van der Waals surface area contributed by atoms with Crippen molar-refractivity contribution in [1.29, 1.82) is 0 Å². The largest absolute Gasteiger partial charge is 0.496 e. The van der Waals surface area contributed by atoms with Crippen molar-refractivity contribution in [2.45, 2.75) is 19.8 Å². The maximum absolute atomic E-state index is 11.8. The lowest BCUT2D eigenvalue weighted by Crippen LogP contribution is -2.10. The second-order valence-corrected chi connectivity index (χ2v) is 3.30. The van der Waals surface area contributed by atoms with Crippen molar-refractivity contribution in [3.05, 3.63) is 29.3 Å². The molecular formula is C12H17NO2.